The Hall–Kier alpha value is -1.06. The number of hydrogen-bond acceptors (Lipinski definition) is 2. The number of rotatable bonds is 5. The third-order valence-corrected chi connectivity index (χ3v) is 3.26. The van der Waals surface area contributed by atoms with Crippen LogP contribution in [0.4, 0.5) is 0 Å². The van der Waals surface area contributed by atoms with Gasteiger partial charge in [-0.15, -0.1) is 0 Å². The second-order valence-electron chi connectivity index (χ2n) is 4.91. The number of amides is 1. The average Bonchev–Trinajstić information content (AvgIpc) is 2.29. The maximum atomic E-state index is 12.0. The molecule has 0 radical (unpaired) electrons. The van der Waals surface area contributed by atoms with Gasteiger partial charge in [0.15, 0.2) is 0 Å². The fraction of sp³-hybridized carbons (Fsp3) is 0.500. The summed E-state index contributed by atoms with van der Waals surface area (Å²) >= 11 is 5.83. The van der Waals surface area contributed by atoms with Crippen molar-refractivity contribution < 1.29 is 4.79 Å². The van der Waals surface area contributed by atoms with Gasteiger partial charge in [-0.3, -0.25) is 4.79 Å². The van der Waals surface area contributed by atoms with Crippen molar-refractivity contribution in [2.75, 3.05) is 0 Å². The van der Waals surface area contributed by atoms with Crippen LogP contribution in [-0.2, 0) is 4.79 Å². The van der Waals surface area contributed by atoms with Gasteiger partial charge < -0.3 is 11.1 Å². The minimum atomic E-state index is -0.810. The standard InChI is InChI=1S/C14H21ClN2O/c1-4-9-14(3,16)13(18)17-10(2)11-5-7-12(15)8-6-11/h5-8,10H,4,9,16H2,1-3H3,(H,17,18)/t10-,14?/m0/s1. The molecule has 0 saturated heterocycles. The Morgan fingerprint density at radius 1 is 1.44 bits per heavy atom. The first kappa shape index (κ1) is 15.0. The van der Waals surface area contributed by atoms with Crippen LogP contribution < -0.4 is 11.1 Å². The smallest absolute Gasteiger partial charge is 0.240 e. The predicted octanol–water partition coefficient (Wildman–Crippen LogP) is 3.03. The van der Waals surface area contributed by atoms with Crippen molar-refractivity contribution in [3.63, 3.8) is 0 Å². The summed E-state index contributed by atoms with van der Waals surface area (Å²) in [5, 5.41) is 3.62. The Kier molecular flexibility index (Phi) is 5.17. The molecule has 0 aromatic heterocycles. The molecule has 0 heterocycles. The van der Waals surface area contributed by atoms with E-state index in [9.17, 15) is 4.79 Å². The van der Waals surface area contributed by atoms with Crippen LogP contribution in [0.2, 0.25) is 5.02 Å². The lowest BCUT2D eigenvalue weighted by atomic mass is 9.95. The summed E-state index contributed by atoms with van der Waals surface area (Å²) in [6.45, 7) is 5.71. The Balaban J connectivity index is 2.67. The van der Waals surface area contributed by atoms with Gasteiger partial charge in [0.1, 0.15) is 0 Å². The molecule has 0 aliphatic rings. The normalized spacial score (nSPS) is 15.8. The highest BCUT2D eigenvalue weighted by Crippen LogP contribution is 2.17. The van der Waals surface area contributed by atoms with Crippen molar-refractivity contribution in [1.82, 2.24) is 5.32 Å². The van der Waals surface area contributed by atoms with Crippen LogP contribution in [0.5, 0.6) is 0 Å². The van der Waals surface area contributed by atoms with Crippen LogP contribution in [0.15, 0.2) is 24.3 Å². The molecule has 1 unspecified atom stereocenters. The van der Waals surface area contributed by atoms with Gasteiger partial charge in [0.05, 0.1) is 11.6 Å². The lowest BCUT2D eigenvalue weighted by Crippen LogP contribution is -2.51. The molecule has 1 aromatic rings. The van der Waals surface area contributed by atoms with Crippen molar-refractivity contribution >= 4 is 17.5 Å². The summed E-state index contributed by atoms with van der Waals surface area (Å²) in [4.78, 5) is 12.0. The zero-order valence-corrected chi connectivity index (χ0v) is 11.9. The number of hydrogen-bond donors (Lipinski definition) is 2. The summed E-state index contributed by atoms with van der Waals surface area (Å²) in [5.41, 5.74) is 6.19. The molecule has 0 saturated carbocycles. The topological polar surface area (TPSA) is 55.1 Å². The highest BCUT2D eigenvalue weighted by atomic mass is 35.5. The van der Waals surface area contributed by atoms with Gasteiger partial charge in [-0.1, -0.05) is 37.1 Å². The monoisotopic (exact) mass is 268 g/mol. The van der Waals surface area contributed by atoms with E-state index in [0.29, 0.717) is 11.4 Å². The molecule has 18 heavy (non-hydrogen) atoms. The lowest BCUT2D eigenvalue weighted by molar-refractivity contribution is -0.126. The second kappa shape index (κ2) is 6.21. The number of carbonyl (C=O) groups is 1. The van der Waals surface area contributed by atoms with Crippen molar-refractivity contribution in [2.45, 2.75) is 45.2 Å². The zero-order chi connectivity index (χ0) is 13.8. The van der Waals surface area contributed by atoms with Crippen LogP contribution in [0.25, 0.3) is 0 Å². The third kappa shape index (κ3) is 4.00. The van der Waals surface area contributed by atoms with Gasteiger partial charge in [-0.25, -0.2) is 0 Å². The fourth-order valence-electron chi connectivity index (χ4n) is 1.83. The molecule has 1 rings (SSSR count). The van der Waals surface area contributed by atoms with E-state index in [1.54, 1.807) is 6.92 Å². The molecule has 0 spiro atoms. The summed E-state index contributed by atoms with van der Waals surface area (Å²) in [5.74, 6) is -0.119. The van der Waals surface area contributed by atoms with Crippen LogP contribution in [0.3, 0.4) is 0 Å². The molecule has 0 aliphatic heterocycles. The molecule has 1 aromatic carbocycles. The minimum absolute atomic E-state index is 0.0745. The summed E-state index contributed by atoms with van der Waals surface area (Å²) < 4.78 is 0. The minimum Gasteiger partial charge on any atom is -0.348 e. The molecular weight excluding hydrogens is 248 g/mol. The fourth-order valence-corrected chi connectivity index (χ4v) is 1.96. The van der Waals surface area contributed by atoms with E-state index in [4.69, 9.17) is 17.3 Å². The third-order valence-electron chi connectivity index (χ3n) is 3.01. The molecule has 0 fully saturated rings. The van der Waals surface area contributed by atoms with Crippen LogP contribution in [0.1, 0.15) is 45.2 Å². The summed E-state index contributed by atoms with van der Waals surface area (Å²) in [6.07, 6.45) is 1.56. The number of benzene rings is 1. The molecular formula is C14H21ClN2O. The Morgan fingerprint density at radius 3 is 2.50 bits per heavy atom. The molecule has 3 nitrogen and oxygen atoms in total. The van der Waals surface area contributed by atoms with E-state index >= 15 is 0 Å². The Morgan fingerprint density at radius 2 is 2.00 bits per heavy atom. The Labute approximate surface area is 114 Å². The molecule has 0 aliphatic carbocycles. The van der Waals surface area contributed by atoms with Crippen molar-refractivity contribution in [3.8, 4) is 0 Å². The van der Waals surface area contributed by atoms with Crippen LogP contribution >= 0.6 is 11.6 Å². The van der Waals surface area contributed by atoms with E-state index in [-0.39, 0.29) is 11.9 Å². The summed E-state index contributed by atoms with van der Waals surface area (Å²) in [7, 11) is 0. The van der Waals surface area contributed by atoms with Crippen molar-refractivity contribution in [2.24, 2.45) is 5.73 Å². The molecule has 0 bridgehead atoms. The van der Waals surface area contributed by atoms with E-state index < -0.39 is 5.54 Å². The molecule has 4 heteroatoms. The van der Waals surface area contributed by atoms with Gasteiger partial charge >= 0.3 is 0 Å². The zero-order valence-electron chi connectivity index (χ0n) is 11.2. The van der Waals surface area contributed by atoms with Gasteiger partial charge in [0, 0.05) is 5.02 Å². The highest BCUT2D eigenvalue weighted by molar-refractivity contribution is 6.30. The van der Waals surface area contributed by atoms with Gasteiger partial charge in [-0.05, 0) is 38.0 Å². The lowest BCUT2D eigenvalue weighted by Gasteiger charge is -2.25. The number of nitrogens with two attached hydrogens (primary N) is 1. The van der Waals surface area contributed by atoms with Crippen molar-refractivity contribution in [3.05, 3.63) is 34.9 Å². The first-order valence-corrected chi connectivity index (χ1v) is 6.60. The largest absolute Gasteiger partial charge is 0.348 e. The van der Waals surface area contributed by atoms with E-state index in [1.807, 2.05) is 38.1 Å². The predicted molar refractivity (Wildman–Crippen MR) is 75.5 cm³/mol. The number of nitrogens with one attached hydrogen (secondary N) is 1. The SMILES string of the molecule is CCCC(C)(N)C(=O)N[C@@H](C)c1ccc(Cl)cc1. The molecule has 3 N–H and O–H groups in total. The first-order chi connectivity index (χ1) is 8.36. The van der Waals surface area contributed by atoms with Crippen LogP contribution in [0, 0.1) is 0 Å². The van der Waals surface area contributed by atoms with E-state index in [1.165, 1.54) is 0 Å². The summed E-state index contributed by atoms with van der Waals surface area (Å²) in [6, 6.07) is 7.36. The highest BCUT2D eigenvalue weighted by Gasteiger charge is 2.28. The van der Waals surface area contributed by atoms with E-state index in [0.717, 1.165) is 12.0 Å². The van der Waals surface area contributed by atoms with Crippen LogP contribution in [-0.4, -0.2) is 11.4 Å². The Bertz CT molecular complexity index is 401. The number of halogens is 1. The van der Waals surface area contributed by atoms with Gasteiger partial charge in [0.2, 0.25) is 5.91 Å². The van der Waals surface area contributed by atoms with Gasteiger partial charge in [-0.2, -0.15) is 0 Å². The maximum absolute atomic E-state index is 12.0. The average molecular weight is 269 g/mol. The quantitative estimate of drug-likeness (QED) is 0.862. The van der Waals surface area contributed by atoms with E-state index in [2.05, 4.69) is 5.32 Å². The van der Waals surface area contributed by atoms with Gasteiger partial charge in [0.25, 0.3) is 0 Å². The van der Waals surface area contributed by atoms with Crippen molar-refractivity contribution in [1.29, 1.82) is 0 Å². The first-order valence-electron chi connectivity index (χ1n) is 6.22. The molecule has 100 valence electrons. The second-order valence-corrected chi connectivity index (χ2v) is 5.35. The molecule has 2 atom stereocenters. The number of carbonyl (C=O) groups excluding carboxylic acids is 1. The maximum Gasteiger partial charge on any atom is 0.240 e. The molecule has 1 amide bonds.